The zero-order valence-corrected chi connectivity index (χ0v) is 11.6. The molecule has 0 saturated carbocycles. The van der Waals surface area contributed by atoms with Crippen LogP contribution >= 0.6 is 23.2 Å². The van der Waals surface area contributed by atoms with E-state index >= 15 is 0 Å². The lowest BCUT2D eigenvalue weighted by Gasteiger charge is -2.05. The molecular formula is C10H5Cl2N7O2. The number of aromatic nitrogens is 4. The molecule has 0 unspecified atom stereocenters. The maximum atomic E-state index is 11.0. The normalized spacial score (nSPS) is 11.0. The van der Waals surface area contributed by atoms with Crippen LogP contribution in [-0.2, 0) is 0 Å². The summed E-state index contributed by atoms with van der Waals surface area (Å²) in [5.74, 6) is 0.0488. The molecule has 2 rings (SSSR count). The zero-order valence-electron chi connectivity index (χ0n) is 10.0. The molecule has 2 aromatic rings. The second-order valence-corrected chi connectivity index (χ2v) is 4.40. The van der Waals surface area contributed by atoms with E-state index in [1.54, 1.807) is 0 Å². The maximum Gasteiger partial charge on any atom is 0.294 e. The van der Waals surface area contributed by atoms with Crippen LogP contribution in [0.5, 0.6) is 0 Å². The fourth-order valence-electron chi connectivity index (χ4n) is 1.38. The molecule has 2 N–H and O–H groups in total. The van der Waals surface area contributed by atoms with Gasteiger partial charge in [-0.05, 0) is 11.3 Å². The Bertz CT molecular complexity index is 752. The van der Waals surface area contributed by atoms with E-state index in [-0.39, 0.29) is 32.8 Å². The van der Waals surface area contributed by atoms with Crippen LogP contribution < -0.4 is 5.32 Å². The first-order chi connectivity index (χ1) is 10.0. The van der Waals surface area contributed by atoms with Gasteiger partial charge in [-0.25, -0.2) is 0 Å². The molecule has 0 aliphatic carbocycles. The van der Waals surface area contributed by atoms with E-state index in [0.717, 1.165) is 6.07 Å². The van der Waals surface area contributed by atoms with Gasteiger partial charge in [-0.15, -0.1) is 10.2 Å². The molecule has 1 aromatic carbocycles. The molecular weight excluding hydrogens is 321 g/mol. The quantitative estimate of drug-likeness (QED) is 0.500. The number of nitro benzene ring substituents is 1. The molecule has 106 valence electrons. The number of benzene rings is 1. The van der Waals surface area contributed by atoms with E-state index in [1.807, 2.05) is 6.07 Å². The molecule has 1 aromatic heterocycles. The van der Waals surface area contributed by atoms with E-state index < -0.39 is 4.92 Å². The first-order valence-electron chi connectivity index (χ1n) is 5.27. The van der Waals surface area contributed by atoms with Gasteiger partial charge in [0.1, 0.15) is 17.3 Å². The van der Waals surface area contributed by atoms with Gasteiger partial charge < -0.3 is 5.32 Å². The highest BCUT2D eigenvalue weighted by Crippen LogP contribution is 2.34. The first kappa shape index (κ1) is 14.7. The molecule has 9 nitrogen and oxygen atoms in total. The summed E-state index contributed by atoms with van der Waals surface area (Å²) in [6, 6.07) is 4.23. The number of allylic oxidation sites excluding steroid dienone is 1. The minimum absolute atomic E-state index is 0.0316. The van der Waals surface area contributed by atoms with Crippen molar-refractivity contribution >= 4 is 40.1 Å². The molecule has 0 fully saturated rings. The largest absolute Gasteiger partial charge is 0.355 e. The summed E-state index contributed by atoms with van der Waals surface area (Å²) in [7, 11) is 0. The van der Waals surface area contributed by atoms with Gasteiger partial charge in [-0.3, -0.25) is 10.1 Å². The topological polar surface area (TPSA) is 133 Å². The number of nitrogens with one attached hydrogen (secondary N) is 2. The number of nitro groups is 1. The van der Waals surface area contributed by atoms with Crippen LogP contribution in [0, 0.1) is 21.4 Å². The highest BCUT2D eigenvalue weighted by atomic mass is 35.5. The number of halogens is 2. The Labute approximate surface area is 127 Å². The van der Waals surface area contributed by atoms with E-state index in [4.69, 9.17) is 28.5 Å². The zero-order chi connectivity index (χ0) is 15.4. The van der Waals surface area contributed by atoms with Crippen LogP contribution in [0.4, 0.5) is 11.4 Å². The average molecular weight is 326 g/mol. The van der Waals surface area contributed by atoms with Gasteiger partial charge in [-0.2, -0.15) is 10.5 Å². The summed E-state index contributed by atoms with van der Waals surface area (Å²) in [5.41, 5.74) is -0.180. The Morgan fingerprint density at radius 3 is 2.76 bits per heavy atom. The molecule has 0 saturated heterocycles. The molecule has 0 radical (unpaired) electrons. The number of rotatable bonds is 4. The number of aromatic amines is 1. The molecule has 0 spiro atoms. The van der Waals surface area contributed by atoms with Crippen LogP contribution in [0.3, 0.4) is 0 Å². The lowest BCUT2D eigenvalue weighted by molar-refractivity contribution is -0.383. The Morgan fingerprint density at radius 2 is 2.19 bits per heavy atom. The Hall–Kier alpha value is -2.70. The molecule has 11 heteroatoms. The molecule has 1 heterocycles. The predicted octanol–water partition coefficient (Wildman–Crippen LogP) is 2.39. The summed E-state index contributed by atoms with van der Waals surface area (Å²) >= 11 is 11.6. The number of hydrogen-bond donors (Lipinski definition) is 2. The van der Waals surface area contributed by atoms with Crippen LogP contribution in [0.25, 0.3) is 5.57 Å². The van der Waals surface area contributed by atoms with Gasteiger partial charge in [0.25, 0.3) is 5.69 Å². The summed E-state index contributed by atoms with van der Waals surface area (Å²) < 4.78 is 0. The minimum Gasteiger partial charge on any atom is -0.355 e. The molecule has 0 aliphatic rings. The van der Waals surface area contributed by atoms with Crippen LogP contribution in [-0.4, -0.2) is 25.5 Å². The van der Waals surface area contributed by atoms with Crippen LogP contribution in [0.2, 0.25) is 10.0 Å². The van der Waals surface area contributed by atoms with Crippen molar-refractivity contribution in [3.05, 3.63) is 44.3 Å². The van der Waals surface area contributed by atoms with Gasteiger partial charge in [0.2, 0.25) is 5.82 Å². The summed E-state index contributed by atoms with van der Waals surface area (Å²) in [6.07, 6.45) is 1.21. The average Bonchev–Trinajstić information content (AvgIpc) is 2.96. The fourth-order valence-corrected chi connectivity index (χ4v) is 1.70. The third kappa shape index (κ3) is 3.25. The second kappa shape index (κ2) is 6.17. The highest BCUT2D eigenvalue weighted by molar-refractivity contribution is 6.42. The Balaban J connectivity index is 2.38. The van der Waals surface area contributed by atoms with Gasteiger partial charge in [0.05, 0.1) is 15.0 Å². The van der Waals surface area contributed by atoms with Gasteiger partial charge in [-0.1, -0.05) is 23.2 Å². The van der Waals surface area contributed by atoms with Gasteiger partial charge in [0, 0.05) is 12.3 Å². The minimum atomic E-state index is -0.626. The number of anilines is 1. The molecule has 21 heavy (non-hydrogen) atoms. The smallest absolute Gasteiger partial charge is 0.294 e. The number of tetrazole rings is 1. The van der Waals surface area contributed by atoms with Crippen LogP contribution in [0.15, 0.2) is 18.3 Å². The van der Waals surface area contributed by atoms with Gasteiger partial charge in [0.15, 0.2) is 0 Å². The van der Waals surface area contributed by atoms with Crippen molar-refractivity contribution in [3.63, 3.8) is 0 Å². The molecule has 0 aliphatic heterocycles. The van der Waals surface area contributed by atoms with E-state index in [1.165, 1.54) is 12.3 Å². The number of nitrogens with zero attached hydrogens (tertiary/aromatic N) is 5. The predicted molar refractivity (Wildman–Crippen MR) is 74.5 cm³/mol. The van der Waals surface area contributed by atoms with Crippen molar-refractivity contribution in [2.45, 2.75) is 0 Å². The monoisotopic (exact) mass is 325 g/mol. The van der Waals surface area contributed by atoms with Gasteiger partial charge >= 0.3 is 0 Å². The summed E-state index contributed by atoms with van der Waals surface area (Å²) in [5, 5.41) is 35.5. The van der Waals surface area contributed by atoms with E-state index in [9.17, 15) is 10.1 Å². The third-order valence-corrected chi connectivity index (χ3v) is 3.04. The number of hydrogen-bond acceptors (Lipinski definition) is 7. The van der Waals surface area contributed by atoms with Crippen molar-refractivity contribution in [1.29, 1.82) is 5.26 Å². The highest BCUT2D eigenvalue weighted by Gasteiger charge is 2.17. The second-order valence-electron chi connectivity index (χ2n) is 3.59. The standard InChI is InChI=1S/C10H5Cl2N7O2/c11-6-1-8(9(19(20)21)2-7(6)12)14-4-5(3-13)10-15-17-18-16-10/h1-2,4,14H,(H,15,16,17,18). The van der Waals surface area contributed by atoms with Crippen molar-refractivity contribution in [3.8, 4) is 6.07 Å². The Morgan fingerprint density at radius 1 is 1.48 bits per heavy atom. The lowest BCUT2D eigenvalue weighted by Crippen LogP contribution is -1.98. The SMILES string of the molecule is N#CC(=CNc1cc(Cl)c(Cl)cc1[N+](=O)[O-])c1nn[nH]n1. The fraction of sp³-hybridized carbons (Fsp3) is 0. The lowest BCUT2D eigenvalue weighted by atomic mass is 10.2. The molecule has 0 bridgehead atoms. The summed E-state index contributed by atoms with van der Waals surface area (Å²) in [6.45, 7) is 0. The van der Waals surface area contributed by atoms with Crippen molar-refractivity contribution in [2.75, 3.05) is 5.32 Å². The maximum absolute atomic E-state index is 11.0. The van der Waals surface area contributed by atoms with Crippen LogP contribution in [0.1, 0.15) is 5.82 Å². The first-order valence-corrected chi connectivity index (χ1v) is 6.02. The van der Waals surface area contributed by atoms with Crippen molar-refractivity contribution in [2.24, 2.45) is 0 Å². The molecule has 0 atom stereocenters. The Kier molecular flexibility index (Phi) is 4.32. The number of H-pyrrole nitrogens is 1. The van der Waals surface area contributed by atoms with E-state index in [2.05, 4.69) is 25.9 Å². The van der Waals surface area contributed by atoms with E-state index in [0.29, 0.717) is 0 Å². The molecule has 0 amide bonds. The third-order valence-electron chi connectivity index (χ3n) is 2.31. The van der Waals surface area contributed by atoms with Crippen molar-refractivity contribution < 1.29 is 4.92 Å². The number of nitriles is 1. The van der Waals surface area contributed by atoms with Crippen molar-refractivity contribution in [1.82, 2.24) is 20.6 Å². The summed E-state index contributed by atoms with van der Waals surface area (Å²) in [4.78, 5) is 10.3.